The van der Waals surface area contributed by atoms with Gasteiger partial charge >= 0.3 is 0 Å². The predicted octanol–water partition coefficient (Wildman–Crippen LogP) is 2.91. The molecule has 0 bridgehead atoms. The van der Waals surface area contributed by atoms with Crippen molar-refractivity contribution in [1.82, 2.24) is 15.5 Å². The molecule has 3 rings (SSSR count). The van der Waals surface area contributed by atoms with E-state index in [0.29, 0.717) is 12.3 Å². The van der Waals surface area contributed by atoms with Crippen molar-refractivity contribution >= 4 is 12.4 Å². The number of nitrogens with zero attached hydrogens (tertiary/aromatic N) is 2. The second-order valence-electron chi connectivity index (χ2n) is 5.08. The number of ether oxygens (including phenoxy) is 1. The van der Waals surface area contributed by atoms with E-state index in [1.165, 1.54) is 12.8 Å². The van der Waals surface area contributed by atoms with Crippen LogP contribution in [0.25, 0.3) is 0 Å². The first kappa shape index (κ1) is 15.8. The zero-order valence-electron chi connectivity index (χ0n) is 12.0. The molecule has 1 fully saturated rings. The monoisotopic (exact) mass is 309 g/mol. The van der Waals surface area contributed by atoms with Gasteiger partial charge in [0.1, 0.15) is 5.75 Å². The average molecular weight is 310 g/mol. The summed E-state index contributed by atoms with van der Waals surface area (Å²) >= 11 is 0. The molecule has 1 atom stereocenters. The van der Waals surface area contributed by atoms with Gasteiger partial charge in [-0.15, -0.1) is 12.4 Å². The van der Waals surface area contributed by atoms with Crippen molar-refractivity contribution in [3.8, 4) is 5.75 Å². The Kier molecular flexibility index (Phi) is 5.59. The molecule has 2 heterocycles. The van der Waals surface area contributed by atoms with Crippen LogP contribution in [0, 0.1) is 0 Å². The zero-order valence-corrected chi connectivity index (χ0v) is 12.9. The lowest BCUT2D eigenvalue weighted by Gasteiger charge is -2.19. The SMILES string of the molecule is COc1ccc(Cc2noc([C@@H]3CCCCN3)n2)cc1.Cl. The molecular weight excluding hydrogens is 290 g/mol. The van der Waals surface area contributed by atoms with Gasteiger partial charge in [0.15, 0.2) is 5.82 Å². The molecule has 0 radical (unpaired) electrons. The maximum atomic E-state index is 5.37. The van der Waals surface area contributed by atoms with E-state index in [-0.39, 0.29) is 18.4 Å². The lowest BCUT2D eigenvalue weighted by atomic mass is 10.1. The van der Waals surface area contributed by atoms with E-state index in [1.54, 1.807) is 7.11 Å². The van der Waals surface area contributed by atoms with E-state index in [1.807, 2.05) is 24.3 Å². The number of halogens is 1. The fourth-order valence-corrected chi connectivity index (χ4v) is 2.47. The van der Waals surface area contributed by atoms with Gasteiger partial charge in [0.05, 0.1) is 13.2 Å². The summed E-state index contributed by atoms with van der Waals surface area (Å²) in [6, 6.07) is 8.15. The Labute approximate surface area is 130 Å². The minimum atomic E-state index is 0. The third kappa shape index (κ3) is 3.95. The molecule has 1 saturated heterocycles. The summed E-state index contributed by atoms with van der Waals surface area (Å²) in [5.41, 5.74) is 1.15. The standard InChI is InChI=1S/C15H19N3O2.ClH/c1-19-12-7-5-11(6-8-12)10-14-17-15(20-18-14)13-4-2-3-9-16-13;/h5-8,13,16H,2-4,9-10H2,1H3;1H/t13-;/m0./s1. The maximum Gasteiger partial charge on any atom is 0.243 e. The molecule has 1 aliphatic heterocycles. The molecule has 0 spiro atoms. The van der Waals surface area contributed by atoms with E-state index in [0.717, 1.165) is 30.1 Å². The zero-order chi connectivity index (χ0) is 13.8. The van der Waals surface area contributed by atoms with Gasteiger partial charge < -0.3 is 14.6 Å². The van der Waals surface area contributed by atoms with E-state index < -0.39 is 0 Å². The first-order chi connectivity index (χ1) is 9.85. The number of nitrogens with one attached hydrogen (secondary N) is 1. The number of hydrogen-bond donors (Lipinski definition) is 1. The number of piperidine rings is 1. The van der Waals surface area contributed by atoms with Gasteiger partial charge in [0.25, 0.3) is 0 Å². The highest BCUT2D eigenvalue weighted by molar-refractivity contribution is 5.85. The molecule has 5 nitrogen and oxygen atoms in total. The van der Waals surface area contributed by atoms with Crippen LogP contribution in [0.5, 0.6) is 5.75 Å². The van der Waals surface area contributed by atoms with E-state index >= 15 is 0 Å². The highest BCUT2D eigenvalue weighted by atomic mass is 35.5. The van der Waals surface area contributed by atoms with Crippen molar-refractivity contribution < 1.29 is 9.26 Å². The van der Waals surface area contributed by atoms with Gasteiger partial charge in [0.2, 0.25) is 5.89 Å². The smallest absolute Gasteiger partial charge is 0.243 e. The Bertz CT molecular complexity index is 550. The van der Waals surface area contributed by atoms with Crippen molar-refractivity contribution in [3.05, 3.63) is 41.5 Å². The minimum Gasteiger partial charge on any atom is -0.497 e. The van der Waals surface area contributed by atoms with Crippen LogP contribution in [0.4, 0.5) is 0 Å². The van der Waals surface area contributed by atoms with Crippen LogP contribution in [0.15, 0.2) is 28.8 Å². The number of aromatic nitrogens is 2. The second kappa shape index (κ2) is 7.43. The van der Waals surface area contributed by atoms with Crippen molar-refractivity contribution in [2.75, 3.05) is 13.7 Å². The maximum absolute atomic E-state index is 5.37. The van der Waals surface area contributed by atoms with Gasteiger partial charge in [0, 0.05) is 6.42 Å². The number of rotatable bonds is 4. The lowest BCUT2D eigenvalue weighted by molar-refractivity contribution is 0.296. The Hall–Kier alpha value is -1.59. The van der Waals surface area contributed by atoms with Crippen molar-refractivity contribution in [3.63, 3.8) is 0 Å². The molecule has 6 heteroatoms. The summed E-state index contributed by atoms with van der Waals surface area (Å²) in [6.07, 6.45) is 4.20. The van der Waals surface area contributed by atoms with Crippen LogP contribution in [0.1, 0.15) is 42.6 Å². The molecule has 1 aromatic carbocycles. The fraction of sp³-hybridized carbons (Fsp3) is 0.467. The average Bonchev–Trinajstić information content (AvgIpc) is 2.97. The van der Waals surface area contributed by atoms with Crippen molar-refractivity contribution in [1.29, 1.82) is 0 Å². The van der Waals surface area contributed by atoms with Crippen LogP contribution in [0.3, 0.4) is 0 Å². The summed E-state index contributed by atoms with van der Waals surface area (Å²) < 4.78 is 10.5. The molecule has 0 amide bonds. The molecule has 21 heavy (non-hydrogen) atoms. The number of hydrogen-bond acceptors (Lipinski definition) is 5. The van der Waals surface area contributed by atoms with E-state index in [2.05, 4.69) is 15.5 Å². The first-order valence-corrected chi connectivity index (χ1v) is 7.04. The number of methoxy groups -OCH3 is 1. The largest absolute Gasteiger partial charge is 0.497 e. The molecule has 1 aliphatic rings. The molecule has 0 unspecified atom stereocenters. The third-order valence-corrected chi connectivity index (χ3v) is 3.61. The molecule has 0 aliphatic carbocycles. The Morgan fingerprint density at radius 1 is 1.29 bits per heavy atom. The normalized spacial score (nSPS) is 18.0. The van der Waals surface area contributed by atoms with Gasteiger partial charge in [-0.2, -0.15) is 4.98 Å². The van der Waals surface area contributed by atoms with E-state index in [4.69, 9.17) is 9.26 Å². The van der Waals surface area contributed by atoms with Crippen LogP contribution in [-0.4, -0.2) is 23.8 Å². The van der Waals surface area contributed by atoms with E-state index in [9.17, 15) is 0 Å². The van der Waals surface area contributed by atoms with Crippen molar-refractivity contribution in [2.45, 2.75) is 31.7 Å². The molecular formula is C15H20ClN3O2. The summed E-state index contributed by atoms with van der Waals surface area (Å²) in [5.74, 6) is 2.31. The quantitative estimate of drug-likeness (QED) is 0.941. The van der Waals surface area contributed by atoms with Crippen LogP contribution in [0.2, 0.25) is 0 Å². The van der Waals surface area contributed by atoms with Crippen LogP contribution >= 0.6 is 12.4 Å². The number of benzene rings is 1. The van der Waals surface area contributed by atoms with Gasteiger partial charge in [-0.25, -0.2) is 0 Å². The fourth-order valence-electron chi connectivity index (χ4n) is 2.47. The Morgan fingerprint density at radius 2 is 2.10 bits per heavy atom. The van der Waals surface area contributed by atoms with Gasteiger partial charge in [-0.3, -0.25) is 0 Å². The first-order valence-electron chi connectivity index (χ1n) is 7.04. The topological polar surface area (TPSA) is 60.2 Å². The molecule has 1 aromatic heterocycles. The molecule has 1 N–H and O–H groups in total. The lowest BCUT2D eigenvalue weighted by Crippen LogP contribution is -2.27. The Balaban J connectivity index is 0.00000161. The van der Waals surface area contributed by atoms with Gasteiger partial charge in [-0.1, -0.05) is 23.7 Å². The van der Waals surface area contributed by atoms with Crippen LogP contribution < -0.4 is 10.1 Å². The predicted molar refractivity (Wildman–Crippen MR) is 81.9 cm³/mol. The van der Waals surface area contributed by atoms with Crippen LogP contribution in [-0.2, 0) is 6.42 Å². The minimum absolute atomic E-state index is 0. The highest BCUT2D eigenvalue weighted by Gasteiger charge is 2.20. The summed E-state index contributed by atoms with van der Waals surface area (Å²) in [5, 5.41) is 7.49. The second-order valence-corrected chi connectivity index (χ2v) is 5.08. The highest BCUT2D eigenvalue weighted by Crippen LogP contribution is 2.22. The summed E-state index contributed by atoms with van der Waals surface area (Å²) in [6.45, 7) is 1.03. The third-order valence-electron chi connectivity index (χ3n) is 3.61. The summed E-state index contributed by atoms with van der Waals surface area (Å²) in [7, 11) is 1.66. The summed E-state index contributed by atoms with van der Waals surface area (Å²) in [4.78, 5) is 4.50. The molecule has 2 aromatic rings. The Morgan fingerprint density at radius 3 is 2.76 bits per heavy atom. The molecule has 0 saturated carbocycles. The molecule has 114 valence electrons. The van der Waals surface area contributed by atoms with Gasteiger partial charge in [-0.05, 0) is 37.1 Å². The van der Waals surface area contributed by atoms with Crippen molar-refractivity contribution in [2.24, 2.45) is 0 Å².